The van der Waals surface area contributed by atoms with E-state index < -0.39 is 11.9 Å². The molecule has 0 amide bonds. The second-order valence-corrected chi connectivity index (χ2v) is 8.92. The van der Waals surface area contributed by atoms with Gasteiger partial charge in [-0.15, -0.1) is 0 Å². The Hall–Kier alpha value is -0.920. The van der Waals surface area contributed by atoms with E-state index >= 15 is 0 Å². The molecule has 5 heteroatoms. The summed E-state index contributed by atoms with van der Waals surface area (Å²) in [5.41, 5.74) is 0.538. The summed E-state index contributed by atoms with van der Waals surface area (Å²) in [6.45, 7) is 10.3. The summed E-state index contributed by atoms with van der Waals surface area (Å²) in [6.07, 6.45) is 4.02. The molecule has 0 N–H and O–H groups in total. The van der Waals surface area contributed by atoms with Gasteiger partial charge >= 0.3 is 5.97 Å². The van der Waals surface area contributed by atoms with Crippen LogP contribution in [-0.2, 0) is 14.2 Å². The predicted molar refractivity (Wildman–Crippen MR) is 116 cm³/mol. The Bertz CT molecular complexity index is 626. The minimum Gasteiger partial charge on any atom is -0.452 e. The molecule has 0 aromatic heterocycles. The molecule has 0 saturated carbocycles. The normalized spacial score (nSPS) is 24.3. The van der Waals surface area contributed by atoms with Gasteiger partial charge in [0, 0.05) is 4.43 Å². The molecule has 1 aliphatic rings. The first-order chi connectivity index (χ1) is 12.7. The highest BCUT2D eigenvalue weighted by Gasteiger charge is 2.45. The fraction of sp³-hybridized carbons (Fsp3) is 0.591. The molecular weight excluding hydrogens is 455 g/mol. The molecular formula is C22H31IO4. The van der Waals surface area contributed by atoms with Gasteiger partial charge in [-0.1, -0.05) is 67.6 Å². The van der Waals surface area contributed by atoms with Crippen LogP contribution in [0.25, 0.3) is 0 Å². The molecule has 1 heterocycles. The Balaban J connectivity index is 2.24. The van der Waals surface area contributed by atoms with Gasteiger partial charge in [0.1, 0.15) is 12.2 Å². The standard InChI is InChI=1S/C22H31IO4/c1-15(2)16(3)11-12-18(25-21(24)17-9-7-6-8-10-17)20-19(13-14-23)26-22(4,5)27-20/h6-12,15-16,18-20H,13-14H2,1-5H3/b12-11-/t16-,18?,19+,20+/m0/s1. The van der Waals surface area contributed by atoms with E-state index in [1.165, 1.54) is 0 Å². The molecule has 4 nitrogen and oxygen atoms in total. The third kappa shape index (κ3) is 6.57. The number of rotatable bonds is 8. The highest BCUT2D eigenvalue weighted by molar-refractivity contribution is 14.1. The van der Waals surface area contributed by atoms with Crippen LogP contribution >= 0.6 is 22.6 Å². The number of hydrogen-bond acceptors (Lipinski definition) is 4. The molecule has 1 aliphatic heterocycles. The average molecular weight is 486 g/mol. The number of halogens is 1. The van der Waals surface area contributed by atoms with Crippen molar-refractivity contribution in [3.63, 3.8) is 0 Å². The lowest BCUT2D eigenvalue weighted by molar-refractivity contribution is -0.153. The average Bonchev–Trinajstić information content (AvgIpc) is 2.93. The number of hydrogen-bond donors (Lipinski definition) is 0. The SMILES string of the molecule is CC(C)[C@@H](C)/C=C\C(OC(=O)c1ccccc1)[C@H]1OC(C)(C)O[C@@H]1CCI. The molecule has 4 atom stereocenters. The maximum Gasteiger partial charge on any atom is 0.338 e. The second-order valence-electron chi connectivity index (χ2n) is 7.84. The zero-order valence-electron chi connectivity index (χ0n) is 16.9. The molecule has 1 saturated heterocycles. The number of esters is 1. The van der Waals surface area contributed by atoms with Crippen molar-refractivity contribution in [3.8, 4) is 0 Å². The van der Waals surface area contributed by atoms with Crippen LogP contribution < -0.4 is 0 Å². The van der Waals surface area contributed by atoms with Crippen molar-refractivity contribution < 1.29 is 19.0 Å². The van der Waals surface area contributed by atoms with Gasteiger partial charge in [0.15, 0.2) is 5.79 Å². The van der Waals surface area contributed by atoms with Crippen molar-refractivity contribution >= 4 is 28.6 Å². The van der Waals surface area contributed by atoms with E-state index in [-0.39, 0.29) is 18.2 Å². The summed E-state index contributed by atoms with van der Waals surface area (Å²) in [5, 5.41) is 0. The van der Waals surface area contributed by atoms with Gasteiger partial charge in [-0.25, -0.2) is 4.79 Å². The van der Waals surface area contributed by atoms with E-state index in [0.29, 0.717) is 17.4 Å². The Morgan fingerprint density at radius 1 is 1.19 bits per heavy atom. The summed E-state index contributed by atoms with van der Waals surface area (Å²) in [4.78, 5) is 12.7. The molecule has 0 bridgehead atoms. The number of alkyl halides is 1. The summed E-state index contributed by atoms with van der Waals surface area (Å²) in [6, 6.07) is 9.07. The van der Waals surface area contributed by atoms with Gasteiger partial charge < -0.3 is 14.2 Å². The predicted octanol–water partition coefficient (Wildman–Crippen LogP) is 5.41. The molecule has 1 aromatic carbocycles. The Labute approximate surface area is 176 Å². The van der Waals surface area contributed by atoms with Gasteiger partial charge in [0.05, 0.1) is 11.7 Å². The van der Waals surface area contributed by atoms with Crippen LogP contribution in [-0.4, -0.2) is 34.5 Å². The number of benzene rings is 1. The zero-order valence-corrected chi connectivity index (χ0v) is 19.0. The van der Waals surface area contributed by atoms with Crippen molar-refractivity contribution in [1.29, 1.82) is 0 Å². The third-order valence-corrected chi connectivity index (χ3v) is 5.47. The van der Waals surface area contributed by atoms with Crippen molar-refractivity contribution in [1.82, 2.24) is 0 Å². The molecule has 1 aromatic rings. The van der Waals surface area contributed by atoms with Crippen LogP contribution in [0.3, 0.4) is 0 Å². The topological polar surface area (TPSA) is 44.8 Å². The summed E-state index contributed by atoms with van der Waals surface area (Å²) in [7, 11) is 0. The number of ether oxygens (including phenoxy) is 3. The van der Waals surface area contributed by atoms with Crippen LogP contribution in [0.15, 0.2) is 42.5 Å². The van der Waals surface area contributed by atoms with Crippen LogP contribution in [0.2, 0.25) is 0 Å². The molecule has 0 radical (unpaired) electrons. The number of carbonyl (C=O) groups excluding carboxylic acids is 1. The van der Waals surface area contributed by atoms with Crippen LogP contribution in [0.1, 0.15) is 51.4 Å². The second kappa shape index (κ2) is 10.0. The van der Waals surface area contributed by atoms with E-state index in [1.807, 2.05) is 38.1 Å². The summed E-state index contributed by atoms with van der Waals surface area (Å²) >= 11 is 2.34. The lowest BCUT2D eigenvalue weighted by Crippen LogP contribution is -2.38. The Morgan fingerprint density at radius 3 is 2.44 bits per heavy atom. The molecule has 150 valence electrons. The number of carbonyl (C=O) groups is 1. The maximum absolute atomic E-state index is 12.7. The first-order valence-electron chi connectivity index (χ1n) is 9.59. The third-order valence-electron chi connectivity index (χ3n) is 4.85. The first-order valence-corrected chi connectivity index (χ1v) is 11.1. The molecule has 0 aliphatic carbocycles. The van der Waals surface area contributed by atoms with Crippen molar-refractivity contribution in [2.24, 2.45) is 11.8 Å². The van der Waals surface area contributed by atoms with E-state index in [2.05, 4.69) is 49.4 Å². The minimum atomic E-state index is -0.684. The zero-order chi connectivity index (χ0) is 20.0. The van der Waals surface area contributed by atoms with Crippen LogP contribution in [0.4, 0.5) is 0 Å². The van der Waals surface area contributed by atoms with Crippen LogP contribution in [0, 0.1) is 11.8 Å². The lowest BCUT2D eigenvalue weighted by Gasteiger charge is -2.25. The van der Waals surface area contributed by atoms with Crippen molar-refractivity contribution in [2.75, 3.05) is 4.43 Å². The van der Waals surface area contributed by atoms with Crippen molar-refractivity contribution in [2.45, 2.75) is 65.1 Å². The molecule has 1 fully saturated rings. The Kier molecular flexibility index (Phi) is 8.31. The van der Waals surface area contributed by atoms with Crippen LogP contribution in [0.5, 0.6) is 0 Å². The highest BCUT2D eigenvalue weighted by Crippen LogP contribution is 2.34. The molecule has 2 rings (SSSR count). The smallest absolute Gasteiger partial charge is 0.338 e. The molecule has 27 heavy (non-hydrogen) atoms. The van der Waals surface area contributed by atoms with Gasteiger partial charge in [-0.2, -0.15) is 0 Å². The number of allylic oxidation sites excluding steroid dienone is 1. The fourth-order valence-corrected chi connectivity index (χ4v) is 3.57. The lowest BCUT2D eigenvalue weighted by atomic mass is 9.96. The minimum absolute atomic E-state index is 0.107. The first kappa shape index (κ1) is 22.4. The maximum atomic E-state index is 12.7. The molecule has 0 spiro atoms. The van der Waals surface area contributed by atoms with Crippen molar-refractivity contribution in [3.05, 3.63) is 48.0 Å². The van der Waals surface area contributed by atoms with Gasteiger partial charge in [0.2, 0.25) is 0 Å². The van der Waals surface area contributed by atoms with E-state index in [9.17, 15) is 4.79 Å². The Morgan fingerprint density at radius 2 is 1.85 bits per heavy atom. The largest absolute Gasteiger partial charge is 0.452 e. The van der Waals surface area contributed by atoms with E-state index in [0.717, 1.165) is 10.8 Å². The van der Waals surface area contributed by atoms with E-state index in [1.54, 1.807) is 12.1 Å². The van der Waals surface area contributed by atoms with Gasteiger partial charge in [0.25, 0.3) is 0 Å². The summed E-state index contributed by atoms with van der Waals surface area (Å²) in [5.74, 6) is -0.143. The highest BCUT2D eigenvalue weighted by atomic mass is 127. The quantitative estimate of drug-likeness (QED) is 0.214. The summed E-state index contributed by atoms with van der Waals surface area (Å²) < 4.78 is 19.1. The molecule has 1 unspecified atom stereocenters. The van der Waals surface area contributed by atoms with E-state index in [4.69, 9.17) is 14.2 Å². The fourth-order valence-electron chi connectivity index (χ4n) is 2.96. The monoisotopic (exact) mass is 486 g/mol. The van der Waals surface area contributed by atoms with Gasteiger partial charge in [-0.3, -0.25) is 0 Å². The van der Waals surface area contributed by atoms with Gasteiger partial charge in [-0.05, 0) is 50.3 Å².